The maximum Gasteiger partial charge on any atom is 0.147 e. The third-order valence-electron chi connectivity index (χ3n) is 2.69. The van der Waals surface area contributed by atoms with Gasteiger partial charge in [0.05, 0.1) is 5.75 Å². The van der Waals surface area contributed by atoms with Gasteiger partial charge in [0.25, 0.3) is 0 Å². The van der Waals surface area contributed by atoms with Crippen molar-refractivity contribution in [1.29, 1.82) is 0 Å². The molecule has 4 nitrogen and oxygen atoms in total. The van der Waals surface area contributed by atoms with Crippen molar-refractivity contribution in [3.8, 4) is 0 Å². The van der Waals surface area contributed by atoms with Gasteiger partial charge in [-0.05, 0) is 39.8 Å². The van der Waals surface area contributed by atoms with Gasteiger partial charge < -0.3 is 9.73 Å². The van der Waals surface area contributed by atoms with Crippen molar-refractivity contribution in [3.05, 3.63) is 23.2 Å². The number of hydrogen-bond donors (Lipinski definition) is 1. The van der Waals surface area contributed by atoms with Gasteiger partial charge in [-0.3, -0.25) is 0 Å². The zero-order valence-electron chi connectivity index (χ0n) is 10.9. The Morgan fingerprint density at radius 3 is 2.53 bits per heavy atom. The van der Waals surface area contributed by atoms with E-state index in [1.54, 1.807) is 0 Å². The summed E-state index contributed by atoms with van der Waals surface area (Å²) in [5.41, 5.74) is 1.14. The first-order chi connectivity index (χ1) is 7.79. The van der Waals surface area contributed by atoms with Crippen molar-refractivity contribution in [1.82, 2.24) is 5.32 Å². The van der Waals surface area contributed by atoms with E-state index >= 15 is 0 Å². The van der Waals surface area contributed by atoms with Gasteiger partial charge in [-0.25, -0.2) is 8.42 Å². The zero-order chi connectivity index (χ0) is 13.1. The molecular formula is C12H21NO3S. The molecule has 1 aromatic rings. The predicted molar refractivity (Wildman–Crippen MR) is 68.9 cm³/mol. The maximum atomic E-state index is 11.0. The van der Waals surface area contributed by atoms with E-state index in [9.17, 15) is 8.42 Å². The first-order valence-electron chi connectivity index (χ1n) is 5.77. The molecule has 1 N–H and O–H groups in total. The second-order valence-electron chi connectivity index (χ2n) is 4.53. The minimum atomic E-state index is -2.85. The minimum absolute atomic E-state index is 0.187. The molecule has 98 valence electrons. The highest BCUT2D eigenvalue weighted by molar-refractivity contribution is 7.90. The average Bonchev–Trinajstić information content (AvgIpc) is 2.51. The van der Waals surface area contributed by atoms with E-state index in [0.717, 1.165) is 17.1 Å². The van der Waals surface area contributed by atoms with E-state index < -0.39 is 9.84 Å². The first-order valence-corrected chi connectivity index (χ1v) is 7.83. The maximum absolute atomic E-state index is 11.0. The summed E-state index contributed by atoms with van der Waals surface area (Å²) < 4.78 is 27.4. The van der Waals surface area contributed by atoms with Crippen LogP contribution < -0.4 is 5.32 Å². The van der Waals surface area contributed by atoms with Crippen molar-refractivity contribution in [2.75, 3.05) is 18.6 Å². The molecule has 5 heteroatoms. The van der Waals surface area contributed by atoms with Gasteiger partial charge in [-0.15, -0.1) is 0 Å². The molecule has 0 amide bonds. The van der Waals surface area contributed by atoms with Crippen LogP contribution in [0.15, 0.2) is 10.5 Å². The van der Waals surface area contributed by atoms with E-state index in [0.29, 0.717) is 13.0 Å². The molecule has 0 aliphatic rings. The molecule has 17 heavy (non-hydrogen) atoms. The van der Waals surface area contributed by atoms with Crippen LogP contribution in [0.1, 0.15) is 36.5 Å². The summed E-state index contributed by atoms with van der Waals surface area (Å²) in [6.07, 6.45) is 1.90. The molecule has 1 unspecified atom stereocenters. The van der Waals surface area contributed by atoms with E-state index in [-0.39, 0.29) is 11.8 Å². The Kier molecular flexibility index (Phi) is 4.77. The third kappa shape index (κ3) is 4.91. The molecule has 0 saturated heterocycles. The van der Waals surface area contributed by atoms with Crippen molar-refractivity contribution in [2.45, 2.75) is 33.2 Å². The second kappa shape index (κ2) is 5.69. The van der Waals surface area contributed by atoms with Crippen LogP contribution >= 0.6 is 0 Å². The molecule has 0 radical (unpaired) electrons. The molecule has 0 fully saturated rings. The van der Waals surface area contributed by atoms with Gasteiger partial charge in [-0.1, -0.05) is 0 Å². The fourth-order valence-corrected chi connectivity index (χ4v) is 2.51. The summed E-state index contributed by atoms with van der Waals surface area (Å²) in [5.74, 6) is 2.06. The lowest BCUT2D eigenvalue weighted by Gasteiger charge is -2.12. The summed E-state index contributed by atoms with van der Waals surface area (Å²) >= 11 is 0. The fourth-order valence-electron chi connectivity index (χ4n) is 1.84. The smallest absolute Gasteiger partial charge is 0.147 e. The van der Waals surface area contributed by atoms with Gasteiger partial charge >= 0.3 is 0 Å². The molecule has 0 aliphatic heterocycles. The molecule has 1 aromatic heterocycles. The highest BCUT2D eigenvalue weighted by Crippen LogP contribution is 2.20. The molecule has 0 aliphatic carbocycles. The van der Waals surface area contributed by atoms with Crippen LogP contribution in [-0.2, 0) is 9.84 Å². The van der Waals surface area contributed by atoms with Crippen LogP contribution in [0.4, 0.5) is 0 Å². The lowest BCUT2D eigenvalue weighted by molar-refractivity contribution is 0.489. The Hall–Kier alpha value is -0.810. The molecule has 1 atom stereocenters. The highest BCUT2D eigenvalue weighted by atomic mass is 32.2. The first kappa shape index (κ1) is 14.3. The lowest BCUT2D eigenvalue weighted by atomic mass is 10.1. The molecule has 1 heterocycles. The Bertz CT molecular complexity index is 462. The van der Waals surface area contributed by atoms with Gasteiger partial charge in [0.15, 0.2) is 0 Å². The monoisotopic (exact) mass is 259 g/mol. The van der Waals surface area contributed by atoms with Gasteiger partial charge in [0.1, 0.15) is 21.4 Å². The summed E-state index contributed by atoms with van der Waals surface area (Å²) in [6.45, 7) is 6.61. The Labute approximate surface area is 103 Å². The topological polar surface area (TPSA) is 59.3 Å². The average molecular weight is 259 g/mol. The van der Waals surface area contributed by atoms with Crippen LogP contribution in [0.5, 0.6) is 0 Å². The molecule has 0 bridgehead atoms. The lowest BCUT2D eigenvalue weighted by Crippen LogP contribution is -2.22. The van der Waals surface area contributed by atoms with E-state index in [4.69, 9.17) is 4.42 Å². The minimum Gasteiger partial charge on any atom is -0.466 e. The summed E-state index contributed by atoms with van der Waals surface area (Å²) in [6, 6.07) is 2.20. The Morgan fingerprint density at radius 1 is 1.41 bits per heavy atom. The van der Waals surface area contributed by atoms with Gasteiger partial charge in [-0.2, -0.15) is 0 Å². The van der Waals surface area contributed by atoms with Crippen LogP contribution in [0, 0.1) is 13.8 Å². The molecular weight excluding hydrogens is 238 g/mol. The number of furan rings is 1. The Morgan fingerprint density at radius 2 is 2.06 bits per heavy atom. The standard InChI is InChI=1S/C12H21NO3S/c1-9-8-12(11(3)16-9)10(2)13-6-5-7-17(4,14)15/h8,10,13H,5-7H2,1-4H3. The highest BCUT2D eigenvalue weighted by Gasteiger charge is 2.12. The van der Waals surface area contributed by atoms with Crippen LogP contribution in [-0.4, -0.2) is 27.0 Å². The Balaban J connectivity index is 2.40. The quantitative estimate of drug-likeness (QED) is 0.794. The molecule has 0 saturated carbocycles. The van der Waals surface area contributed by atoms with Gasteiger partial charge in [0.2, 0.25) is 0 Å². The number of sulfone groups is 1. The van der Waals surface area contributed by atoms with Crippen molar-refractivity contribution < 1.29 is 12.8 Å². The molecule has 1 rings (SSSR count). The van der Waals surface area contributed by atoms with E-state index in [1.165, 1.54) is 6.26 Å². The van der Waals surface area contributed by atoms with Crippen molar-refractivity contribution in [2.24, 2.45) is 0 Å². The predicted octanol–water partition coefficient (Wildman–Crippen LogP) is 1.98. The molecule has 0 aromatic carbocycles. The van der Waals surface area contributed by atoms with Crippen LogP contribution in [0.3, 0.4) is 0 Å². The number of rotatable bonds is 6. The number of nitrogens with one attached hydrogen (secondary N) is 1. The number of aryl methyl sites for hydroxylation is 2. The second-order valence-corrected chi connectivity index (χ2v) is 6.79. The summed E-state index contributed by atoms with van der Waals surface area (Å²) in [4.78, 5) is 0. The number of hydrogen-bond acceptors (Lipinski definition) is 4. The van der Waals surface area contributed by atoms with Crippen molar-refractivity contribution in [3.63, 3.8) is 0 Å². The largest absolute Gasteiger partial charge is 0.466 e. The normalized spacial score (nSPS) is 13.9. The summed E-state index contributed by atoms with van der Waals surface area (Å²) in [5, 5.41) is 3.30. The van der Waals surface area contributed by atoms with E-state index in [1.807, 2.05) is 19.9 Å². The fraction of sp³-hybridized carbons (Fsp3) is 0.667. The SMILES string of the molecule is Cc1cc(C(C)NCCCS(C)(=O)=O)c(C)o1. The summed E-state index contributed by atoms with van der Waals surface area (Å²) in [7, 11) is -2.85. The third-order valence-corrected chi connectivity index (χ3v) is 3.72. The van der Waals surface area contributed by atoms with Crippen molar-refractivity contribution >= 4 is 9.84 Å². The van der Waals surface area contributed by atoms with Crippen LogP contribution in [0.25, 0.3) is 0 Å². The van der Waals surface area contributed by atoms with E-state index in [2.05, 4.69) is 12.2 Å². The zero-order valence-corrected chi connectivity index (χ0v) is 11.7. The molecule has 0 spiro atoms. The van der Waals surface area contributed by atoms with Gasteiger partial charge in [0, 0.05) is 17.9 Å². The van der Waals surface area contributed by atoms with Crippen LogP contribution in [0.2, 0.25) is 0 Å².